The van der Waals surface area contributed by atoms with Crippen LogP contribution in [0, 0.1) is 12.7 Å². The fourth-order valence-electron chi connectivity index (χ4n) is 2.00. The lowest BCUT2D eigenvalue weighted by molar-refractivity contribution is -0.133. The van der Waals surface area contributed by atoms with E-state index < -0.39 is 0 Å². The number of hydrogen-bond acceptors (Lipinski definition) is 4. The van der Waals surface area contributed by atoms with E-state index in [0.717, 1.165) is 5.56 Å². The number of carbonyl (C=O) groups is 2. The van der Waals surface area contributed by atoms with E-state index >= 15 is 0 Å². The van der Waals surface area contributed by atoms with E-state index in [9.17, 15) is 14.0 Å². The summed E-state index contributed by atoms with van der Waals surface area (Å²) >= 11 is 0. The third-order valence-electron chi connectivity index (χ3n) is 3.24. The number of nitrogens with zero attached hydrogens (tertiary/aromatic N) is 2. The van der Waals surface area contributed by atoms with E-state index in [0.29, 0.717) is 18.0 Å². The fraction of sp³-hybridized carbons (Fsp3) is 0.312. The van der Waals surface area contributed by atoms with Crippen molar-refractivity contribution < 1.29 is 18.5 Å². The van der Waals surface area contributed by atoms with E-state index in [4.69, 9.17) is 4.52 Å². The number of halogens is 1. The molecule has 1 aromatic carbocycles. The quantitative estimate of drug-likeness (QED) is 0.885. The van der Waals surface area contributed by atoms with E-state index in [-0.39, 0.29) is 30.6 Å². The van der Waals surface area contributed by atoms with E-state index in [2.05, 4.69) is 10.5 Å². The summed E-state index contributed by atoms with van der Waals surface area (Å²) in [5.41, 5.74) is 0.871. The van der Waals surface area contributed by atoms with Crippen molar-refractivity contribution in [2.75, 3.05) is 18.9 Å². The number of carbonyl (C=O) groups excluding carboxylic acids is 2. The molecule has 0 spiro atoms. The minimum absolute atomic E-state index is 0.0752. The summed E-state index contributed by atoms with van der Waals surface area (Å²) in [5.74, 6) is 0.0809. The maximum atomic E-state index is 12.8. The molecule has 0 aliphatic heterocycles. The van der Waals surface area contributed by atoms with Gasteiger partial charge in [-0.2, -0.15) is 0 Å². The lowest BCUT2D eigenvalue weighted by Gasteiger charge is -2.16. The topological polar surface area (TPSA) is 75.4 Å². The van der Waals surface area contributed by atoms with Gasteiger partial charge in [0.1, 0.15) is 11.6 Å². The van der Waals surface area contributed by atoms with Crippen molar-refractivity contribution in [3.8, 4) is 0 Å². The molecule has 0 aliphatic carbocycles. The highest BCUT2D eigenvalue weighted by Gasteiger charge is 2.14. The number of likely N-dealkylation sites (N-methyl/N-ethyl adjacent to an activating group) is 1. The minimum Gasteiger partial charge on any atom is -0.360 e. The second-order valence-corrected chi connectivity index (χ2v) is 5.25. The lowest BCUT2D eigenvalue weighted by atomic mass is 10.1. The smallest absolute Gasteiger partial charge is 0.245 e. The maximum absolute atomic E-state index is 12.8. The largest absolute Gasteiger partial charge is 0.360 e. The normalized spacial score (nSPS) is 10.4. The molecule has 2 rings (SSSR count). The van der Waals surface area contributed by atoms with E-state index in [1.54, 1.807) is 32.2 Å². The zero-order chi connectivity index (χ0) is 16.8. The molecule has 1 aromatic heterocycles. The van der Waals surface area contributed by atoms with Gasteiger partial charge in [-0.1, -0.05) is 17.3 Å². The number of aryl methyl sites for hydroxylation is 2. The zero-order valence-electron chi connectivity index (χ0n) is 13.0. The zero-order valence-corrected chi connectivity index (χ0v) is 13.0. The van der Waals surface area contributed by atoms with Crippen LogP contribution in [0.5, 0.6) is 0 Å². The van der Waals surface area contributed by atoms with Crippen LogP contribution in [-0.4, -0.2) is 35.5 Å². The van der Waals surface area contributed by atoms with Crippen LogP contribution in [-0.2, 0) is 16.0 Å². The highest BCUT2D eigenvalue weighted by atomic mass is 19.1. The van der Waals surface area contributed by atoms with Gasteiger partial charge in [-0.05, 0) is 31.0 Å². The van der Waals surface area contributed by atoms with Gasteiger partial charge < -0.3 is 14.7 Å². The molecule has 6 nitrogen and oxygen atoms in total. The summed E-state index contributed by atoms with van der Waals surface area (Å²) in [6.07, 6.45) is 0.742. The summed E-state index contributed by atoms with van der Waals surface area (Å²) in [7, 11) is 1.56. The Morgan fingerprint density at radius 2 is 2.00 bits per heavy atom. The predicted molar refractivity (Wildman–Crippen MR) is 82.2 cm³/mol. The minimum atomic E-state index is -0.351. The molecule has 0 bridgehead atoms. The third-order valence-corrected chi connectivity index (χ3v) is 3.24. The molecule has 7 heteroatoms. The van der Waals surface area contributed by atoms with Crippen LogP contribution in [0.4, 0.5) is 10.2 Å². The Morgan fingerprint density at radius 3 is 2.61 bits per heavy atom. The number of aromatic nitrogens is 1. The van der Waals surface area contributed by atoms with Gasteiger partial charge in [0.2, 0.25) is 11.8 Å². The highest BCUT2D eigenvalue weighted by Crippen LogP contribution is 2.08. The maximum Gasteiger partial charge on any atom is 0.245 e. The summed E-state index contributed by atoms with van der Waals surface area (Å²) in [6, 6.07) is 7.59. The van der Waals surface area contributed by atoms with E-state index in [1.807, 2.05) is 0 Å². The SMILES string of the molecule is Cc1cc(NC(=O)CN(C)C(=O)CCc2ccc(F)cc2)no1. The van der Waals surface area contributed by atoms with Crippen molar-refractivity contribution in [2.45, 2.75) is 19.8 Å². The Labute approximate surface area is 133 Å². The second kappa shape index (κ2) is 7.53. The average Bonchev–Trinajstić information content (AvgIpc) is 2.91. The van der Waals surface area contributed by atoms with Gasteiger partial charge in [-0.15, -0.1) is 0 Å². The monoisotopic (exact) mass is 319 g/mol. The third kappa shape index (κ3) is 5.21. The molecule has 0 atom stereocenters. The Kier molecular flexibility index (Phi) is 5.46. The van der Waals surface area contributed by atoms with Gasteiger partial charge in [0.05, 0.1) is 6.54 Å². The Hall–Kier alpha value is -2.70. The molecular weight excluding hydrogens is 301 g/mol. The molecule has 0 radical (unpaired) electrons. The Balaban J connectivity index is 1.77. The van der Waals surface area contributed by atoms with Crippen LogP contribution in [0.3, 0.4) is 0 Å². The van der Waals surface area contributed by atoms with Crippen LogP contribution >= 0.6 is 0 Å². The molecule has 122 valence electrons. The Bertz CT molecular complexity index is 682. The first-order valence-electron chi connectivity index (χ1n) is 7.15. The van der Waals surface area contributed by atoms with Gasteiger partial charge in [0.25, 0.3) is 0 Å². The molecular formula is C16H18FN3O3. The molecule has 1 heterocycles. The number of hydrogen-bond donors (Lipinski definition) is 1. The highest BCUT2D eigenvalue weighted by molar-refractivity contribution is 5.93. The number of nitrogens with one attached hydrogen (secondary N) is 1. The molecule has 0 aliphatic rings. The Morgan fingerprint density at radius 1 is 1.30 bits per heavy atom. The lowest BCUT2D eigenvalue weighted by Crippen LogP contribution is -2.35. The van der Waals surface area contributed by atoms with Crippen LogP contribution in [0.15, 0.2) is 34.9 Å². The molecule has 0 saturated heterocycles. The molecule has 2 amide bonds. The van der Waals surface area contributed by atoms with Crippen molar-refractivity contribution in [1.29, 1.82) is 0 Å². The number of anilines is 1. The fourth-order valence-corrected chi connectivity index (χ4v) is 2.00. The molecule has 0 saturated carbocycles. The second-order valence-electron chi connectivity index (χ2n) is 5.25. The summed E-state index contributed by atoms with van der Waals surface area (Å²) in [6.45, 7) is 1.64. The van der Waals surface area contributed by atoms with Gasteiger partial charge in [-0.25, -0.2) is 4.39 Å². The molecule has 2 aromatic rings. The summed E-state index contributed by atoms with van der Waals surface area (Å²) in [4.78, 5) is 25.2. The van der Waals surface area contributed by atoms with Crippen LogP contribution in [0.25, 0.3) is 0 Å². The van der Waals surface area contributed by atoms with Crippen molar-refractivity contribution in [1.82, 2.24) is 10.1 Å². The van der Waals surface area contributed by atoms with Crippen LogP contribution in [0.1, 0.15) is 17.7 Å². The number of benzene rings is 1. The van der Waals surface area contributed by atoms with Crippen LogP contribution < -0.4 is 5.32 Å². The summed E-state index contributed by atoms with van der Waals surface area (Å²) < 4.78 is 17.6. The standard InChI is InChI=1S/C16H18FN3O3/c1-11-9-14(19-23-11)18-15(21)10-20(2)16(22)8-5-12-3-6-13(17)7-4-12/h3-4,6-7,9H,5,8,10H2,1-2H3,(H,18,19,21). The van der Waals surface area contributed by atoms with Crippen molar-refractivity contribution >= 4 is 17.6 Å². The van der Waals surface area contributed by atoms with Gasteiger partial charge in [-0.3, -0.25) is 9.59 Å². The first kappa shape index (κ1) is 16.7. The predicted octanol–water partition coefficient (Wildman–Crippen LogP) is 2.15. The van der Waals surface area contributed by atoms with Crippen molar-refractivity contribution in [3.05, 3.63) is 47.5 Å². The molecule has 23 heavy (non-hydrogen) atoms. The van der Waals surface area contributed by atoms with Gasteiger partial charge in [0.15, 0.2) is 5.82 Å². The van der Waals surface area contributed by atoms with E-state index in [1.165, 1.54) is 17.0 Å². The molecule has 1 N–H and O–H groups in total. The number of amides is 2. The van der Waals surface area contributed by atoms with Gasteiger partial charge >= 0.3 is 0 Å². The van der Waals surface area contributed by atoms with Crippen molar-refractivity contribution in [3.63, 3.8) is 0 Å². The first-order valence-corrected chi connectivity index (χ1v) is 7.15. The summed E-state index contributed by atoms with van der Waals surface area (Å²) in [5, 5.41) is 6.20. The van der Waals surface area contributed by atoms with Crippen LogP contribution in [0.2, 0.25) is 0 Å². The first-order chi connectivity index (χ1) is 10.9. The number of rotatable bonds is 6. The van der Waals surface area contributed by atoms with Crippen molar-refractivity contribution in [2.24, 2.45) is 0 Å². The molecule has 0 fully saturated rings. The average molecular weight is 319 g/mol. The van der Waals surface area contributed by atoms with Gasteiger partial charge in [0, 0.05) is 19.5 Å². The molecule has 0 unspecified atom stereocenters.